The second kappa shape index (κ2) is 7.07. The van der Waals surface area contributed by atoms with Gasteiger partial charge in [0.05, 0.1) is 12.4 Å². The molecule has 0 aliphatic rings. The van der Waals surface area contributed by atoms with Crippen LogP contribution in [0.4, 0.5) is 9.83 Å². The Labute approximate surface area is 107 Å². The molecule has 0 unspecified atom stereocenters. The molecular weight excluding hydrogens is 263 g/mol. The lowest BCUT2D eigenvalue weighted by molar-refractivity contribution is 0.858. The van der Waals surface area contributed by atoms with Crippen LogP contribution in [0, 0.1) is 0 Å². The van der Waals surface area contributed by atoms with E-state index in [1.54, 1.807) is 18.5 Å². The van der Waals surface area contributed by atoms with Crippen LogP contribution in [0.5, 0.6) is 0 Å². The van der Waals surface area contributed by atoms with Gasteiger partial charge in [-0.25, -0.2) is 0 Å². The normalized spacial score (nSPS) is 9.59. The topological polar surface area (TPSA) is 82.5 Å². The maximum Gasteiger partial charge on any atom is 0.232 e. The summed E-state index contributed by atoms with van der Waals surface area (Å²) in [6.07, 6.45) is 3.11. The van der Waals surface area contributed by atoms with Gasteiger partial charge in [0.15, 0.2) is 12.3 Å². The van der Waals surface area contributed by atoms with Gasteiger partial charge in [0, 0.05) is 4.90 Å². The Kier molecular flexibility index (Phi) is 5.70. The molecule has 0 atom stereocenters. The summed E-state index contributed by atoms with van der Waals surface area (Å²) in [4.78, 5) is 4.67. The van der Waals surface area contributed by atoms with Gasteiger partial charge in [-0.15, -0.1) is 13.1 Å². The van der Waals surface area contributed by atoms with Crippen molar-refractivity contribution in [1.82, 2.24) is 24.4 Å². The number of hydrogen-bond donors (Lipinski definition) is 1. The van der Waals surface area contributed by atoms with E-state index in [-0.39, 0.29) is 18.3 Å². The molecule has 0 bridgehead atoms. The zero-order valence-corrected chi connectivity index (χ0v) is 10.9. The average Bonchev–Trinajstić information content (AvgIpc) is 2.73. The molecular formula is C8H11FN6S2. The zero-order chi connectivity index (χ0) is 12.7. The van der Waals surface area contributed by atoms with E-state index in [0.29, 0.717) is 5.16 Å². The number of rotatable bonds is 3. The fraction of sp³-hybridized carbons (Fsp3) is 0.250. The largest absolute Gasteiger partial charge is 0.367 e. The summed E-state index contributed by atoms with van der Waals surface area (Å²) in [7, 11) is 0. The number of aromatic nitrogens is 5. The van der Waals surface area contributed by atoms with Crippen molar-refractivity contribution in [2.45, 2.75) is 23.9 Å². The number of halogens is 1. The zero-order valence-electron chi connectivity index (χ0n) is 9.24. The lowest BCUT2D eigenvalue weighted by Crippen LogP contribution is -1.94. The van der Waals surface area contributed by atoms with Crippen LogP contribution < -0.4 is 5.73 Å². The molecule has 92 valence electrons. The molecule has 2 aromatic heterocycles. The molecule has 2 heterocycles. The van der Waals surface area contributed by atoms with Crippen molar-refractivity contribution in [3.8, 4) is 0 Å². The van der Waals surface area contributed by atoms with Crippen LogP contribution >= 0.6 is 24.1 Å². The Hall–Kier alpha value is -1.35. The van der Waals surface area contributed by atoms with E-state index in [4.69, 9.17) is 5.73 Å². The van der Waals surface area contributed by atoms with Crippen LogP contribution in [0.15, 0.2) is 28.5 Å². The van der Waals surface area contributed by atoms with Gasteiger partial charge < -0.3 is 5.73 Å². The predicted octanol–water partition coefficient (Wildman–Crippen LogP) is 2.21. The standard InChI is InChI=1S/C6H5FN6S2.C2H6/c7-15-13-5(8)11-6(12-13)14-4-1-2-9-10-3-4;1-2/h1-3H,(H2,8,11,12);1-2H3. The van der Waals surface area contributed by atoms with E-state index >= 15 is 0 Å². The maximum absolute atomic E-state index is 12.2. The van der Waals surface area contributed by atoms with Gasteiger partial charge in [-0.05, 0) is 17.8 Å². The van der Waals surface area contributed by atoms with E-state index in [2.05, 4.69) is 20.3 Å². The first-order chi connectivity index (χ1) is 8.29. The molecule has 2 aromatic rings. The molecule has 2 N–H and O–H groups in total. The summed E-state index contributed by atoms with van der Waals surface area (Å²) >= 11 is 1.14. The summed E-state index contributed by atoms with van der Waals surface area (Å²) < 4.78 is 13.1. The van der Waals surface area contributed by atoms with E-state index < -0.39 is 0 Å². The van der Waals surface area contributed by atoms with Crippen LogP contribution in [0.2, 0.25) is 0 Å². The number of nitrogens with zero attached hydrogens (tertiary/aromatic N) is 5. The van der Waals surface area contributed by atoms with Crippen LogP contribution in [0.25, 0.3) is 0 Å². The minimum atomic E-state index is -0.0964. The van der Waals surface area contributed by atoms with Crippen molar-refractivity contribution in [3.05, 3.63) is 18.5 Å². The molecule has 9 heteroatoms. The maximum atomic E-state index is 12.2. The highest BCUT2D eigenvalue weighted by Gasteiger charge is 2.08. The first kappa shape index (κ1) is 13.7. The minimum Gasteiger partial charge on any atom is -0.367 e. The van der Waals surface area contributed by atoms with Crippen molar-refractivity contribution in [2.75, 3.05) is 5.73 Å². The highest BCUT2D eigenvalue weighted by atomic mass is 32.2. The van der Waals surface area contributed by atoms with Gasteiger partial charge in [-0.1, -0.05) is 13.8 Å². The Morgan fingerprint density at radius 3 is 2.65 bits per heavy atom. The van der Waals surface area contributed by atoms with Crippen LogP contribution in [0.1, 0.15) is 13.8 Å². The summed E-state index contributed by atoms with van der Waals surface area (Å²) in [5.41, 5.74) is 5.39. The smallest absolute Gasteiger partial charge is 0.232 e. The highest BCUT2D eigenvalue weighted by Crippen LogP contribution is 2.25. The molecule has 0 saturated carbocycles. The van der Waals surface area contributed by atoms with E-state index in [1.165, 1.54) is 11.8 Å². The Morgan fingerprint density at radius 1 is 1.35 bits per heavy atom. The molecule has 17 heavy (non-hydrogen) atoms. The lowest BCUT2D eigenvalue weighted by atomic mass is 10.6. The minimum absolute atomic E-state index is 0.0204. The van der Waals surface area contributed by atoms with Crippen molar-refractivity contribution in [2.24, 2.45) is 0 Å². The first-order valence-corrected chi connectivity index (χ1v) is 6.25. The molecule has 0 aliphatic heterocycles. The summed E-state index contributed by atoms with van der Waals surface area (Å²) in [6.45, 7) is 4.00. The lowest BCUT2D eigenvalue weighted by Gasteiger charge is -1.92. The van der Waals surface area contributed by atoms with Crippen molar-refractivity contribution in [3.63, 3.8) is 0 Å². The Bertz CT molecular complexity index is 449. The fourth-order valence-electron chi connectivity index (χ4n) is 0.830. The van der Waals surface area contributed by atoms with Gasteiger partial charge in [0.2, 0.25) is 11.1 Å². The second-order valence-corrected chi connectivity index (χ2v) is 3.90. The number of hydrogen-bond acceptors (Lipinski definition) is 7. The quantitative estimate of drug-likeness (QED) is 0.918. The van der Waals surface area contributed by atoms with Crippen LogP contribution in [-0.2, 0) is 0 Å². The molecule has 0 spiro atoms. The van der Waals surface area contributed by atoms with Crippen molar-refractivity contribution in [1.29, 1.82) is 0 Å². The van der Waals surface area contributed by atoms with Gasteiger partial charge in [0.1, 0.15) is 0 Å². The number of nitrogen functional groups attached to an aromatic ring is 1. The van der Waals surface area contributed by atoms with Gasteiger partial charge in [-0.2, -0.15) is 15.2 Å². The van der Waals surface area contributed by atoms with Crippen molar-refractivity contribution < 1.29 is 3.89 Å². The molecule has 0 saturated heterocycles. The first-order valence-electron chi connectivity index (χ1n) is 4.76. The molecule has 0 aromatic carbocycles. The third-order valence-electron chi connectivity index (χ3n) is 1.41. The summed E-state index contributed by atoms with van der Waals surface area (Å²) in [6, 6.07) is 1.75. The second-order valence-electron chi connectivity index (χ2n) is 2.37. The average molecular weight is 274 g/mol. The molecule has 0 fully saturated rings. The molecule has 0 amide bonds. The predicted molar refractivity (Wildman–Crippen MR) is 66.0 cm³/mol. The fourth-order valence-corrected chi connectivity index (χ4v) is 1.80. The van der Waals surface area contributed by atoms with Crippen LogP contribution in [0.3, 0.4) is 0 Å². The number of anilines is 1. The number of nitrogens with two attached hydrogens (primary N) is 1. The third kappa shape index (κ3) is 3.86. The third-order valence-corrected chi connectivity index (χ3v) is 2.65. The molecule has 0 aliphatic carbocycles. The molecule has 6 nitrogen and oxygen atoms in total. The van der Waals surface area contributed by atoms with Gasteiger partial charge >= 0.3 is 0 Å². The van der Waals surface area contributed by atoms with E-state index in [0.717, 1.165) is 8.98 Å². The van der Waals surface area contributed by atoms with E-state index in [1.807, 2.05) is 13.8 Å². The van der Waals surface area contributed by atoms with E-state index in [9.17, 15) is 3.89 Å². The Morgan fingerprint density at radius 2 is 2.12 bits per heavy atom. The summed E-state index contributed by atoms with van der Waals surface area (Å²) in [5, 5.41) is 11.5. The highest BCUT2D eigenvalue weighted by molar-refractivity contribution is 7.99. The van der Waals surface area contributed by atoms with Gasteiger partial charge in [-0.3, -0.25) is 0 Å². The summed E-state index contributed by atoms with van der Waals surface area (Å²) in [5.74, 6) is 0.0204. The van der Waals surface area contributed by atoms with Crippen molar-refractivity contribution >= 4 is 30.0 Å². The monoisotopic (exact) mass is 274 g/mol. The molecule has 0 radical (unpaired) electrons. The SMILES string of the molecule is CC.Nc1nc(Sc2ccnnc2)nn1SF. The van der Waals surface area contributed by atoms with Crippen LogP contribution in [-0.4, -0.2) is 24.4 Å². The Balaban J connectivity index is 0.000000686. The van der Waals surface area contributed by atoms with Gasteiger partial charge in [0.25, 0.3) is 0 Å². The molecule has 2 rings (SSSR count).